The highest BCUT2D eigenvalue weighted by molar-refractivity contribution is 7.89. The molecule has 0 saturated carbocycles. The Morgan fingerprint density at radius 1 is 1.07 bits per heavy atom. The third-order valence-corrected chi connectivity index (χ3v) is 5.13. The number of nitrogens with two attached hydrogens (primary N) is 2. The Morgan fingerprint density at radius 2 is 1.72 bits per heavy atom. The first-order chi connectivity index (χ1) is 13.6. The van der Waals surface area contributed by atoms with Gasteiger partial charge in [0.15, 0.2) is 5.82 Å². The van der Waals surface area contributed by atoms with Crippen molar-refractivity contribution in [3.05, 3.63) is 71.8 Å². The molecule has 9 heteroatoms. The topological polar surface area (TPSA) is 129 Å². The van der Waals surface area contributed by atoms with Gasteiger partial charge in [-0.3, -0.25) is 0 Å². The quantitative estimate of drug-likeness (QED) is 0.510. The molecule has 0 amide bonds. The van der Waals surface area contributed by atoms with Crippen LogP contribution in [-0.2, 0) is 23.0 Å². The highest BCUT2D eigenvalue weighted by atomic mass is 32.2. The molecule has 29 heavy (non-hydrogen) atoms. The van der Waals surface area contributed by atoms with E-state index in [9.17, 15) is 8.42 Å². The van der Waals surface area contributed by atoms with E-state index in [4.69, 9.17) is 10.9 Å². The number of benzene rings is 2. The highest BCUT2D eigenvalue weighted by Gasteiger charge is 2.15. The second kappa shape index (κ2) is 8.42. The molecular weight excluding hydrogens is 388 g/mol. The molecule has 0 fully saturated rings. The molecule has 0 aliphatic carbocycles. The van der Waals surface area contributed by atoms with Gasteiger partial charge in [0.25, 0.3) is 0 Å². The normalized spacial score (nSPS) is 12.3. The summed E-state index contributed by atoms with van der Waals surface area (Å²) in [6.45, 7) is 4.96. The average Bonchev–Trinajstić information content (AvgIpc) is 3.03. The molecule has 3 rings (SSSR count). The van der Waals surface area contributed by atoms with Crippen LogP contribution >= 0.6 is 0 Å². The summed E-state index contributed by atoms with van der Waals surface area (Å²) < 4.78 is 24.7. The van der Waals surface area contributed by atoms with Gasteiger partial charge >= 0.3 is 0 Å². The number of aromatic nitrogens is 3. The fraction of sp³-hybridized carbons (Fsp3) is 0.300. The highest BCUT2D eigenvalue weighted by Crippen LogP contribution is 2.15. The summed E-state index contributed by atoms with van der Waals surface area (Å²) in [6, 6.07) is 16.2. The van der Waals surface area contributed by atoms with Gasteiger partial charge in [-0.2, -0.15) is 5.10 Å². The van der Waals surface area contributed by atoms with Crippen molar-refractivity contribution in [3.63, 3.8) is 0 Å². The number of sulfonamides is 1. The predicted octanol–water partition coefficient (Wildman–Crippen LogP) is 1.33. The first-order valence-corrected chi connectivity index (χ1v) is 10.8. The van der Waals surface area contributed by atoms with Crippen molar-refractivity contribution >= 4 is 10.0 Å². The molecule has 0 aliphatic rings. The Labute approximate surface area is 171 Å². The Hall–Kier alpha value is -2.59. The van der Waals surface area contributed by atoms with Crippen LogP contribution in [0.2, 0.25) is 0 Å². The molecule has 5 N–H and O–H groups in total. The largest absolute Gasteiger partial charge is 0.324 e. The van der Waals surface area contributed by atoms with E-state index in [0.717, 1.165) is 5.56 Å². The van der Waals surface area contributed by atoms with Gasteiger partial charge < -0.3 is 11.1 Å². The predicted molar refractivity (Wildman–Crippen MR) is 112 cm³/mol. The molecular formula is C20H26N6O2S. The van der Waals surface area contributed by atoms with Gasteiger partial charge in [-0.05, 0) is 43.7 Å². The molecule has 1 aromatic heterocycles. The molecule has 0 radical (unpaired) electrons. The summed E-state index contributed by atoms with van der Waals surface area (Å²) in [7, 11) is -3.75. The molecule has 8 nitrogen and oxygen atoms in total. The van der Waals surface area contributed by atoms with Gasteiger partial charge in [0, 0.05) is 18.5 Å². The monoisotopic (exact) mass is 414 g/mol. The van der Waals surface area contributed by atoms with E-state index in [0.29, 0.717) is 36.8 Å². The Bertz CT molecular complexity index is 1050. The first kappa shape index (κ1) is 21.1. The van der Waals surface area contributed by atoms with Gasteiger partial charge in [-0.25, -0.2) is 23.2 Å². The zero-order chi connectivity index (χ0) is 21.1. The molecule has 2 aromatic carbocycles. The fourth-order valence-electron chi connectivity index (χ4n) is 2.84. The van der Waals surface area contributed by atoms with Gasteiger partial charge in [-0.1, -0.05) is 30.3 Å². The van der Waals surface area contributed by atoms with Crippen molar-refractivity contribution in [2.75, 3.05) is 6.54 Å². The van der Waals surface area contributed by atoms with Crippen LogP contribution in [0.3, 0.4) is 0 Å². The number of primary sulfonamides is 1. The Balaban J connectivity index is 1.90. The minimum absolute atomic E-state index is 0.0513. The van der Waals surface area contributed by atoms with Gasteiger partial charge in [-0.15, -0.1) is 0 Å². The lowest BCUT2D eigenvalue weighted by Crippen LogP contribution is -2.43. The van der Waals surface area contributed by atoms with Crippen molar-refractivity contribution in [2.45, 2.75) is 37.2 Å². The number of nitrogens with zero attached hydrogens (tertiary/aromatic N) is 3. The first-order valence-electron chi connectivity index (χ1n) is 9.23. The smallest absolute Gasteiger partial charge is 0.238 e. The van der Waals surface area contributed by atoms with E-state index in [2.05, 4.69) is 15.4 Å². The zero-order valence-corrected chi connectivity index (χ0v) is 17.4. The molecule has 0 unspecified atom stereocenters. The second-order valence-electron chi connectivity index (χ2n) is 7.65. The average molecular weight is 415 g/mol. The molecule has 0 saturated heterocycles. The summed E-state index contributed by atoms with van der Waals surface area (Å²) in [4.78, 5) is 4.73. The summed E-state index contributed by atoms with van der Waals surface area (Å²) in [5.74, 6) is 1.39. The third kappa shape index (κ3) is 5.94. The van der Waals surface area contributed by atoms with E-state index in [1.165, 1.54) is 12.1 Å². The lowest BCUT2D eigenvalue weighted by Gasteiger charge is -2.18. The molecule has 154 valence electrons. The third-order valence-electron chi connectivity index (χ3n) is 4.20. The molecule has 3 aromatic rings. The van der Waals surface area contributed by atoms with Crippen LogP contribution in [0.5, 0.6) is 0 Å². The summed E-state index contributed by atoms with van der Waals surface area (Å²) in [5.41, 5.74) is 7.50. The van der Waals surface area contributed by atoms with Crippen LogP contribution in [0.1, 0.15) is 31.1 Å². The fourth-order valence-corrected chi connectivity index (χ4v) is 3.36. The number of hydrogen-bond donors (Lipinski definition) is 3. The molecule has 0 aliphatic heterocycles. The summed E-state index contributed by atoms with van der Waals surface area (Å²) in [5, 5.41) is 13.1. The minimum atomic E-state index is -3.75. The minimum Gasteiger partial charge on any atom is -0.324 e. The van der Waals surface area contributed by atoms with Crippen LogP contribution in [0.25, 0.3) is 5.69 Å². The maximum absolute atomic E-state index is 11.5. The van der Waals surface area contributed by atoms with Gasteiger partial charge in [0.1, 0.15) is 5.82 Å². The van der Waals surface area contributed by atoms with Crippen LogP contribution in [0.15, 0.2) is 59.5 Å². The van der Waals surface area contributed by atoms with E-state index < -0.39 is 10.0 Å². The van der Waals surface area contributed by atoms with Crippen LogP contribution in [-0.4, -0.2) is 35.3 Å². The Morgan fingerprint density at radius 3 is 2.31 bits per heavy atom. The van der Waals surface area contributed by atoms with Crippen molar-refractivity contribution < 1.29 is 8.42 Å². The van der Waals surface area contributed by atoms with Crippen LogP contribution in [0, 0.1) is 0 Å². The molecule has 0 spiro atoms. The van der Waals surface area contributed by atoms with Crippen molar-refractivity contribution in [1.82, 2.24) is 20.1 Å². The van der Waals surface area contributed by atoms with E-state index in [1.807, 2.05) is 44.2 Å². The molecule has 0 atom stereocenters. The van der Waals surface area contributed by atoms with Crippen LogP contribution in [0.4, 0.5) is 0 Å². The number of rotatable bonds is 8. The van der Waals surface area contributed by atoms with Gasteiger partial charge in [0.05, 0.1) is 17.1 Å². The van der Waals surface area contributed by atoms with Crippen molar-refractivity contribution in [1.29, 1.82) is 0 Å². The summed E-state index contributed by atoms with van der Waals surface area (Å²) in [6.07, 6.45) is 0.596. The number of nitrogens with one attached hydrogen (secondary N) is 1. The standard InChI is InChI=1S/C20H26N6O2S/c1-20(2,21)14-23-13-19-24-18(12-15-6-4-3-5-7-15)25-26(19)16-8-10-17(11-9-16)29(22,27)28/h3-11,23H,12-14,21H2,1-2H3,(H2,22,27,28). The van der Waals surface area contributed by atoms with E-state index in [-0.39, 0.29) is 10.4 Å². The lowest BCUT2D eigenvalue weighted by atomic mass is 10.1. The number of hydrogen-bond acceptors (Lipinski definition) is 6. The lowest BCUT2D eigenvalue weighted by molar-refractivity contribution is 0.460. The zero-order valence-electron chi connectivity index (χ0n) is 16.5. The Kier molecular flexibility index (Phi) is 6.13. The second-order valence-corrected chi connectivity index (χ2v) is 9.21. The van der Waals surface area contributed by atoms with Gasteiger partial charge in [0.2, 0.25) is 10.0 Å². The molecule has 0 bridgehead atoms. The summed E-state index contributed by atoms with van der Waals surface area (Å²) >= 11 is 0. The van der Waals surface area contributed by atoms with E-state index >= 15 is 0 Å². The van der Waals surface area contributed by atoms with E-state index in [1.54, 1.807) is 16.8 Å². The maximum atomic E-state index is 11.5. The van der Waals surface area contributed by atoms with Crippen LogP contribution < -0.4 is 16.2 Å². The SMILES string of the molecule is CC(C)(N)CNCc1nc(Cc2ccccc2)nn1-c1ccc(S(N)(=O)=O)cc1. The molecule has 1 heterocycles. The van der Waals surface area contributed by atoms with Crippen molar-refractivity contribution in [2.24, 2.45) is 10.9 Å². The van der Waals surface area contributed by atoms with Crippen molar-refractivity contribution in [3.8, 4) is 5.69 Å². The maximum Gasteiger partial charge on any atom is 0.238 e.